The first kappa shape index (κ1) is 22.4. The minimum absolute atomic E-state index is 0.189. The second-order valence-corrected chi connectivity index (χ2v) is 9.44. The van der Waals surface area contributed by atoms with Crippen LogP contribution in [0.15, 0.2) is 103 Å². The Bertz CT molecular complexity index is 1540. The van der Waals surface area contributed by atoms with Gasteiger partial charge in [-0.15, -0.1) is 0 Å². The van der Waals surface area contributed by atoms with Gasteiger partial charge in [0.2, 0.25) is 0 Å². The molecule has 5 aromatic rings. The summed E-state index contributed by atoms with van der Waals surface area (Å²) in [4.78, 5) is 12.6. The third kappa shape index (κ3) is 4.90. The average molecular weight is 578 g/mol. The summed E-state index contributed by atoms with van der Waals surface area (Å²) in [5, 5.41) is 7.06. The molecule has 0 fully saturated rings. The van der Waals surface area contributed by atoms with Crippen LogP contribution in [0.5, 0.6) is 5.75 Å². The van der Waals surface area contributed by atoms with E-state index in [1.807, 2.05) is 78.9 Å². The molecule has 1 amide bonds. The number of hydrazone groups is 1. The molecule has 34 heavy (non-hydrogen) atoms. The number of carbonyl (C=O) groups is 1. The number of hydrogen-bond donors (Lipinski definition) is 1. The summed E-state index contributed by atoms with van der Waals surface area (Å²) in [5.74, 6) is 0.431. The van der Waals surface area contributed by atoms with Crippen LogP contribution in [0.4, 0.5) is 0 Å². The Labute approximate surface area is 212 Å². The lowest BCUT2D eigenvalue weighted by molar-refractivity contribution is 0.0929. The number of carbonyl (C=O) groups excluding carboxylic acids is 1. The summed E-state index contributed by atoms with van der Waals surface area (Å²) in [5.41, 5.74) is 5.01. The largest absolute Gasteiger partial charge is 0.488 e. The zero-order valence-electron chi connectivity index (χ0n) is 17.8. The lowest BCUT2D eigenvalue weighted by atomic mass is 10.0. The first-order valence-electron chi connectivity index (χ1n) is 10.5. The molecule has 4 aromatic carbocycles. The highest BCUT2D eigenvalue weighted by molar-refractivity contribution is 9.10. The van der Waals surface area contributed by atoms with Crippen LogP contribution in [-0.4, -0.2) is 12.1 Å². The third-order valence-corrected chi connectivity index (χ3v) is 6.26. The summed E-state index contributed by atoms with van der Waals surface area (Å²) in [7, 11) is 0. The van der Waals surface area contributed by atoms with Gasteiger partial charge in [-0.05, 0) is 58.8 Å². The van der Waals surface area contributed by atoms with Crippen LogP contribution in [0, 0.1) is 0 Å². The van der Waals surface area contributed by atoms with Crippen molar-refractivity contribution in [3.05, 3.63) is 111 Å². The van der Waals surface area contributed by atoms with Crippen LogP contribution in [0.3, 0.4) is 0 Å². The second-order valence-electron chi connectivity index (χ2n) is 7.61. The fourth-order valence-corrected chi connectivity index (χ4v) is 4.48. The molecule has 1 N–H and O–H groups in total. The van der Waals surface area contributed by atoms with Crippen molar-refractivity contribution in [3.63, 3.8) is 0 Å². The number of furan rings is 1. The standard InChI is InChI=1S/C27H18Br2N2O3/c28-20-6-3-4-17(12-20)16-33-25-10-8-18-5-1-2-7-22(18)23(25)15-30-31-27(32)26-14-19-13-21(29)9-11-24(19)34-26/h1-15H,16H2,(H,31,32). The fourth-order valence-electron chi connectivity index (χ4n) is 3.66. The maximum Gasteiger partial charge on any atom is 0.307 e. The van der Waals surface area contributed by atoms with Crippen molar-refractivity contribution in [2.24, 2.45) is 5.10 Å². The van der Waals surface area contributed by atoms with E-state index in [-0.39, 0.29) is 5.76 Å². The molecule has 0 spiro atoms. The van der Waals surface area contributed by atoms with Crippen molar-refractivity contribution in [3.8, 4) is 5.75 Å². The highest BCUT2D eigenvalue weighted by atomic mass is 79.9. The highest BCUT2D eigenvalue weighted by Crippen LogP contribution is 2.28. The van der Waals surface area contributed by atoms with Gasteiger partial charge in [-0.2, -0.15) is 5.10 Å². The summed E-state index contributed by atoms with van der Waals surface area (Å²) in [6.45, 7) is 0.402. The Balaban J connectivity index is 1.39. The van der Waals surface area contributed by atoms with Gasteiger partial charge in [0.05, 0.1) is 6.21 Å². The Morgan fingerprint density at radius 3 is 2.65 bits per heavy atom. The number of fused-ring (bicyclic) bond motifs is 2. The van der Waals surface area contributed by atoms with Crippen LogP contribution in [0.25, 0.3) is 21.7 Å². The van der Waals surface area contributed by atoms with Crippen molar-refractivity contribution in [1.29, 1.82) is 0 Å². The molecule has 7 heteroatoms. The van der Waals surface area contributed by atoms with Gasteiger partial charge in [-0.1, -0.05) is 74.3 Å². The van der Waals surface area contributed by atoms with E-state index < -0.39 is 5.91 Å². The van der Waals surface area contributed by atoms with E-state index in [4.69, 9.17) is 9.15 Å². The number of amides is 1. The Hall–Kier alpha value is -3.42. The highest BCUT2D eigenvalue weighted by Gasteiger charge is 2.13. The Morgan fingerprint density at radius 1 is 0.912 bits per heavy atom. The van der Waals surface area contributed by atoms with Crippen molar-refractivity contribution in [2.75, 3.05) is 0 Å². The van der Waals surface area contributed by atoms with Gasteiger partial charge in [0.25, 0.3) is 0 Å². The monoisotopic (exact) mass is 576 g/mol. The lowest BCUT2D eigenvalue weighted by Gasteiger charge is -2.12. The molecule has 5 rings (SSSR count). The molecule has 0 aliphatic heterocycles. The number of benzene rings is 4. The molecule has 0 unspecified atom stereocenters. The summed E-state index contributed by atoms with van der Waals surface area (Å²) in [6.07, 6.45) is 1.61. The lowest BCUT2D eigenvalue weighted by Crippen LogP contribution is -2.16. The molecule has 168 valence electrons. The van der Waals surface area contributed by atoms with Crippen LogP contribution in [0.2, 0.25) is 0 Å². The summed E-state index contributed by atoms with van der Waals surface area (Å²) >= 11 is 6.91. The van der Waals surface area contributed by atoms with Gasteiger partial charge in [-0.25, -0.2) is 5.43 Å². The van der Waals surface area contributed by atoms with Gasteiger partial charge in [0.1, 0.15) is 17.9 Å². The number of nitrogens with one attached hydrogen (secondary N) is 1. The van der Waals surface area contributed by atoms with Crippen molar-refractivity contribution in [2.45, 2.75) is 6.61 Å². The van der Waals surface area contributed by atoms with E-state index in [2.05, 4.69) is 42.4 Å². The molecule has 0 aliphatic carbocycles. The molecule has 1 heterocycles. The van der Waals surface area contributed by atoms with Gasteiger partial charge in [0.15, 0.2) is 5.76 Å². The van der Waals surface area contributed by atoms with E-state index in [0.29, 0.717) is 17.9 Å². The predicted molar refractivity (Wildman–Crippen MR) is 141 cm³/mol. The maximum absolute atomic E-state index is 12.6. The molecule has 0 atom stereocenters. The van der Waals surface area contributed by atoms with Crippen molar-refractivity contribution in [1.82, 2.24) is 5.43 Å². The molecular formula is C27H18Br2N2O3. The van der Waals surface area contributed by atoms with Gasteiger partial charge >= 0.3 is 5.91 Å². The normalized spacial score (nSPS) is 11.4. The SMILES string of the molecule is O=C(NN=Cc1c(OCc2cccc(Br)c2)ccc2ccccc12)c1cc2cc(Br)ccc2o1. The first-order valence-corrected chi connectivity index (χ1v) is 12.1. The summed E-state index contributed by atoms with van der Waals surface area (Å²) in [6, 6.07) is 27.1. The topological polar surface area (TPSA) is 63.8 Å². The molecule has 0 radical (unpaired) electrons. The molecular weight excluding hydrogens is 560 g/mol. The van der Waals surface area contributed by atoms with Crippen LogP contribution >= 0.6 is 31.9 Å². The number of ether oxygens (including phenoxy) is 1. The van der Waals surface area contributed by atoms with Crippen molar-refractivity contribution >= 4 is 65.7 Å². The molecule has 0 saturated heterocycles. The average Bonchev–Trinajstić information content (AvgIpc) is 3.26. The fraction of sp³-hybridized carbons (Fsp3) is 0.0370. The van der Waals surface area contributed by atoms with E-state index in [1.54, 1.807) is 12.3 Å². The molecule has 1 aromatic heterocycles. The minimum Gasteiger partial charge on any atom is -0.488 e. The zero-order valence-corrected chi connectivity index (χ0v) is 21.0. The molecule has 5 nitrogen and oxygen atoms in total. The number of rotatable bonds is 6. The molecule has 0 aliphatic rings. The van der Waals surface area contributed by atoms with E-state index in [1.165, 1.54) is 0 Å². The van der Waals surface area contributed by atoms with Crippen molar-refractivity contribution < 1.29 is 13.9 Å². The number of halogens is 2. The minimum atomic E-state index is -0.430. The Kier molecular flexibility index (Phi) is 6.47. The van der Waals surface area contributed by atoms with Crippen LogP contribution in [-0.2, 0) is 6.61 Å². The Morgan fingerprint density at radius 2 is 1.76 bits per heavy atom. The van der Waals surface area contributed by atoms with E-state index in [9.17, 15) is 4.79 Å². The molecule has 0 bridgehead atoms. The second kappa shape index (κ2) is 9.83. The smallest absolute Gasteiger partial charge is 0.307 e. The third-order valence-electron chi connectivity index (χ3n) is 5.28. The van der Waals surface area contributed by atoms with Crippen LogP contribution < -0.4 is 10.2 Å². The number of nitrogens with zero attached hydrogens (tertiary/aromatic N) is 1. The van der Waals surface area contributed by atoms with Gasteiger partial charge in [0, 0.05) is 19.9 Å². The van der Waals surface area contributed by atoms with Crippen LogP contribution in [0.1, 0.15) is 21.7 Å². The van der Waals surface area contributed by atoms with Gasteiger partial charge in [-0.3, -0.25) is 4.79 Å². The first-order chi connectivity index (χ1) is 16.6. The van der Waals surface area contributed by atoms with E-state index in [0.717, 1.165) is 36.2 Å². The van der Waals surface area contributed by atoms with E-state index >= 15 is 0 Å². The number of hydrogen-bond acceptors (Lipinski definition) is 4. The quantitative estimate of drug-likeness (QED) is 0.168. The van der Waals surface area contributed by atoms with Gasteiger partial charge < -0.3 is 9.15 Å². The summed E-state index contributed by atoms with van der Waals surface area (Å²) < 4.78 is 13.7. The zero-order chi connectivity index (χ0) is 23.5. The predicted octanol–water partition coefficient (Wildman–Crippen LogP) is 7.45. The molecule has 0 saturated carbocycles. The maximum atomic E-state index is 12.6.